The van der Waals surface area contributed by atoms with E-state index in [0.29, 0.717) is 23.2 Å². The van der Waals surface area contributed by atoms with Crippen molar-refractivity contribution in [3.63, 3.8) is 0 Å². The van der Waals surface area contributed by atoms with Gasteiger partial charge in [0.25, 0.3) is 5.91 Å². The van der Waals surface area contributed by atoms with E-state index in [-0.39, 0.29) is 11.7 Å². The molecular formula is C12H14BrNO4. The molecule has 1 aromatic heterocycles. The third-order valence-corrected chi connectivity index (χ3v) is 3.52. The van der Waals surface area contributed by atoms with Crippen LogP contribution in [0.3, 0.4) is 0 Å². The molecule has 98 valence electrons. The second-order valence-corrected chi connectivity index (χ2v) is 5.19. The third-order valence-electron chi connectivity index (χ3n) is 3.13. The fraction of sp³-hybridized carbons (Fsp3) is 0.500. The van der Waals surface area contributed by atoms with Crippen molar-refractivity contribution >= 4 is 27.8 Å². The third kappa shape index (κ3) is 2.43. The van der Waals surface area contributed by atoms with Crippen LogP contribution in [-0.2, 0) is 4.79 Å². The number of hydrogen-bond donors (Lipinski definition) is 1. The normalized spacial score (nSPS) is 19.9. The molecule has 5 nitrogen and oxygen atoms in total. The van der Waals surface area contributed by atoms with E-state index >= 15 is 0 Å². The van der Waals surface area contributed by atoms with Crippen LogP contribution in [0.25, 0.3) is 0 Å². The van der Waals surface area contributed by atoms with Gasteiger partial charge in [-0.2, -0.15) is 0 Å². The lowest BCUT2D eigenvalue weighted by Gasteiger charge is -2.32. The maximum Gasteiger partial charge on any atom is 0.326 e. The number of piperidine rings is 1. The molecule has 6 heteroatoms. The van der Waals surface area contributed by atoms with Crippen molar-refractivity contribution in [2.45, 2.75) is 32.2 Å². The van der Waals surface area contributed by atoms with E-state index in [9.17, 15) is 9.59 Å². The molecule has 1 amide bonds. The largest absolute Gasteiger partial charge is 0.480 e. The van der Waals surface area contributed by atoms with Gasteiger partial charge in [-0.05, 0) is 48.2 Å². The van der Waals surface area contributed by atoms with Gasteiger partial charge >= 0.3 is 5.97 Å². The van der Waals surface area contributed by atoms with Gasteiger partial charge in [0.1, 0.15) is 6.04 Å². The standard InChI is InChI=1S/C12H14BrNO4/c1-7-6-9(13)18-10(7)11(15)14-5-3-2-4-8(14)12(16)17/h6,8H,2-5H2,1H3,(H,16,17)/t8-/m0/s1. The molecule has 0 aliphatic carbocycles. The Labute approximate surface area is 113 Å². The SMILES string of the molecule is Cc1cc(Br)oc1C(=O)N1CCCC[C@H]1C(=O)O. The van der Waals surface area contributed by atoms with E-state index in [1.54, 1.807) is 13.0 Å². The molecule has 1 aliphatic heterocycles. The van der Waals surface area contributed by atoms with Crippen molar-refractivity contribution in [3.8, 4) is 0 Å². The second-order valence-electron chi connectivity index (χ2n) is 4.41. The number of carboxylic acids is 1. The zero-order chi connectivity index (χ0) is 13.3. The number of halogens is 1. The first-order chi connectivity index (χ1) is 8.50. The minimum Gasteiger partial charge on any atom is -0.480 e. The van der Waals surface area contributed by atoms with Crippen LogP contribution in [0.5, 0.6) is 0 Å². The number of furan rings is 1. The van der Waals surface area contributed by atoms with Crippen molar-refractivity contribution in [2.75, 3.05) is 6.54 Å². The monoisotopic (exact) mass is 315 g/mol. The average Bonchev–Trinajstić information content (AvgIpc) is 2.67. The molecule has 0 spiro atoms. The summed E-state index contributed by atoms with van der Waals surface area (Å²) in [7, 11) is 0. The van der Waals surface area contributed by atoms with Crippen LogP contribution in [0.4, 0.5) is 0 Å². The molecule has 0 aromatic carbocycles. The first kappa shape index (κ1) is 13.1. The highest BCUT2D eigenvalue weighted by molar-refractivity contribution is 9.10. The molecule has 1 saturated heterocycles. The van der Waals surface area contributed by atoms with Crippen LogP contribution < -0.4 is 0 Å². The van der Waals surface area contributed by atoms with E-state index < -0.39 is 12.0 Å². The summed E-state index contributed by atoms with van der Waals surface area (Å²) in [5.41, 5.74) is 0.710. The zero-order valence-electron chi connectivity index (χ0n) is 9.98. The van der Waals surface area contributed by atoms with Crippen LogP contribution >= 0.6 is 15.9 Å². The van der Waals surface area contributed by atoms with E-state index in [0.717, 1.165) is 12.8 Å². The summed E-state index contributed by atoms with van der Waals surface area (Å²) in [6, 6.07) is 0.960. The molecule has 0 radical (unpaired) electrons. The molecule has 1 atom stereocenters. The summed E-state index contributed by atoms with van der Waals surface area (Å²) in [6.07, 6.45) is 2.17. The fourth-order valence-electron chi connectivity index (χ4n) is 2.22. The maximum absolute atomic E-state index is 12.3. The van der Waals surface area contributed by atoms with Gasteiger partial charge in [-0.3, -0.25) is 4.79 Å². The smallest absolute Gasteiger partial charge is 0.326 e. The number of likely N-dealkylation sites (tertiary alicyclic amines) is 1. The number of rotatable bonds is 2. The molecular weight excluding hydrogens is 302 g/mol. The number of nitrogens with zero attached hydrogens (tertiary/aromatic N) is 1. The Balaban J connectivity index is 2.26. The number of carbonyl (C=O) groups is 2. The van der Waals surface area contributed by atoms with E-state index in [1.165, 1.54) is 4.90 Å². The van der Waals surface area contributed by atoms with Crippen molar-refractivity contribution in [1.82, 2.24) is 4.90 Å². The minimum atomic E-state index is -0.952. The van der Waals surface area contributed by atoms with Crippen molar-refractivity contribution in [2.24, 2.45) is 0 Å². The van der Waals surface area contributed by atoms with Crippen LogP contribution in [0.1, 0.15) is 35.4 Å². The number of hydrogen-bond acceptors (Lipinski definition) is 3. The van der Waals surface area contributed by atoms with Crippen LogP contribution in [-0.4, -0.2) is 34.5 Å². The Kier molecular flexibility index (Phi) is 3.75. The topological polar surface area (TPSA) is 70.8 Å². The lowest BCUT2D eigenvalue weighted by Crippen LogP contribution is -2.48. The molecule has 1 aromatic rings. The zero-order valence-corrected chi connectivity index (χ0v) is 11.6. The molecule has 18 heavy (non-hydrogen) atoms. The summed E-state index contributed by atoms with van der Waals surface area (Å²) in [6.45, 7) is 2.23. The molecule has 2 heterocycles. The predicted molar refractivity (Wildman–Crippen MR) is 67.5 cm³/mol. The van der Waals surface area contributed by atoms with E-state index in [1.807, 2.05) is 0 Å². The summed E-state index contributed by atoms with van der Waals surface area (Å²) in [5.74, 6) is -1.08. The molecule has 1 N–H and O–H groups in total. The summed E-state index contributed by atoms with van der Waals surface area (Å²) >= 11 is 3.17. The van der Waals surface area contributed by atoms with Gasteiger partial charge in [-0.25, -0.2) is 4.79 Å². The van der Waals surface area contributed by atoms with Gasteiger partial charge in [-0.15, -0.1) is 0 Å². The fourth-order valence-corrected chi connectivity index (χ4v) is 2.72. The van der Waals surface area contributed by atoms with E-state index in [4.69, 9.17) is 9.52 Å². The highest BCUT2D eigenvalue weighted by Crippen LogP contribution is 2.25. The first-order valence-electron chi connectivity index (χ1n) is 5.80. The molecule has 0 bridgehead atoms. The number of aliphatic carboxylic acids is 1. The summed E-state index contributed by atoms with van der Waals surface area (Å²) < 4.78 is 5.77. The molecule has 1 fully saturated rings. The van der Waals surface area contributed by atoms with Gasteiger partial charge in [0.2, 0.25) is 0 Å². The lowest BCUT2D eigenvalue weighted by atomic mass is 10.0. The highest BCUT2D eigenvalue weighted by Gasteiger charge is 2.34. The number of carbonyl (C=O) groups excluding carboxylic acids is 1. The van der Waals surface area contributed by atoms with E-state index in [2.05, 4.69) is 15.9 Å². The Morgan fingerprint density at radius 1 is 1.50 bits per heavy atom. The Morgan fingerprint density at radius 3 is 2.78 bits per heavy atom. The first-order valence-corrected chi connectivity index (χ1v) is 6.59. The van der Waals surface area contributed by atoms with Gasteiger partial charge in [0.15, 0.2) is 10.4 Å². The van der Waals surface area contributed by atoms with Gasteiger partial charge in [0.05, 0.1) is 0 Å². The Bertz CT molecular complexity index is 482. The predicted octanol–water partition coefficient (Wildman–Crippen LogP) is 2.43. The molecule has 2 rings (SSSR count). The Hall–Kier alpha value is -1.30. The minimum absolute atomic E-state index is 0.218. The second kappa shape index (κ2) is 5.14. The van der Waals surface area contributed by atoms with Crippen LogP contribution in [0.15, 0.2) is 15.2 Å². The molecule has 0 unspecified atom stereocenters. The van der Waals surface area contributed by atoms with Gasteiger partial charge in [-0.1, -0.05) is 0 Å². The molecule has 0 saturated carbocycles. The van der Waals surface area contributed by atoms with Crippen LogP contribution in [0.2, 0.25) is 0 Å². The highest BCUT2D eigenvalue weighted by atomic mass is 79.9. The number of aryl methyl sites for hydroxylation is 1. The van der Waals surface area contributed by atoms with Crippen molar-refractivity contribution < 1.29 is 19.1 Å². The average molecular weight is 316 g/mol. The summed E-state index contributed by atoms with van der Waals surface area (Å²) in [5, 5.41) is 9.15. The Morgan fingerprint density at radius 2 is 2.22 bits per heavy atom. The van der Waals surface area contributed by atoms with Crippen molar-refractivity contribution in [1.29, 1.82) is 0 Å². The van der Waals surface area contributed by atoms with Gasteiger partial charge in [0, 0.05) is 12.1 Å². The lowest BCUT2D eigenvalue weighted by molar-refractivity contribution is -0.143. The van der Waals surface area contributed by atoms with Crippen LogP contribution in [0, 0.1) is 6.92 Å². The van der Waals surface area contributed by atoms with Crippen molar-refractivity contribution in [3.05, 3.63) is 22.1 Å². The maximum atomic E-state index is 12.3. The number of amides is 1. The molecule has 1 aliphatic rings. The van der Waals surface area contributed by atoms with Gasteiger partial charge < -0.3 is 14.4 Å². The number of carboxylic acid groups (broad SMARTS) is 1. The summed E-state index contributed by atoms with van der Waals surface area (Å²) in [4.78, 5) is 24.8. The quantitative estimate of drug-likeness (QED) is 0.910.